The zero-order chi connectivity index (χ0) is 9.94. The summed E-state index contributed by atoms with van der Waals surface area (Å²) in [5.41, 5.74) is -0.0817. The lowest BCUT2D eigenvalue weighted by atomic mass is 9.87. The lowest BCUT2D eigenvalue weighted by Gasteiger charge is -2.16. The van der Waals surface area contributed by atoms with E-state index >= 15 is 0 Å². The van der Waals surface area contributed by atoms with Gasteiger partial charge in [0.05, 0.1) is 0 Å². The van der Waals surface area contributed by atoms with E-state index in [-0.39, 0.29) is 22.9 Å². The maximum Gasteiger partial charge on any atom is 0.200 e. The fourth-order valence-electron chi connectivity index (χ4n) is 0.891. The SMILES string of the molecule is CC(C)C(=O)C(=O)CC(C)(C)C. The van der Waals surface area contributed by atoms with Crippen molar-refractivity contribution in [2.24, 2.45) is 11.3 Å². The molecule has 0 heterocycles. The summed E-state index contributed by atoms with van der Waals surface area (Å²) in [4.78, 5) is 22.4. The fourth-order valence-corrected chi connectivity index (χ4v) is 0.891. The molecule has 0 fully saturated rings. The van der Waals surface area contributed by atoms with Crippen LogP contribution in [0, 0.1) is 11.3 Å². The number of carbonyl (C=O) groups is 2. The minimum Gasteiger partial charge on any atom is -0.291 e. The Morgan fingerprint density at radius 1 is 1.17 bits per heavy atom. The van der Waals surface area contributed by atoms with Crippen LogP contribution < -0.4 is 0 Å². The van der Waals surface area contributed by atoms with Crippen LogP contribution in [0.25, 0.3) is 0 Å². The van der Waals surface area contributed by atoms with Gasteiger partial charge >= 0.3 is 0 Å². The summed E-state index contributed by atoms with van der Waals surface area (Å²) < 4.78 is 0. The molecule has 0 saturated carbocycles. The highest BCUT2D eigenvalue weighted by molar-refractivity contribution is 6.37. The number of rotatable bonds is 3. The molecular formula is C10H18O2. The molecule has 0 bridgehead atoms. The van der Waals surface area contributed by atoms with Gasteiger partial charge < -0.3 is 0 Å². The van der Waals surface area contributed by atoms with Gasteiger partial charge in [-0.25, -0.2) is 0 Å². The van der Waals surface area contributed by atoms with Crippen molar-refractivity contribution < 1.29 is 9.59 Å². The fraction of sp³-hybridized carbons (Fsp3) is 0.800. The first-order valence-corrected chi connectivity index (χ1v) is 4.31. The van der Waals surface area contributed by atoms with Crippen LogP contribution >= 0.6 is 0 Å². The molecule has 2 heteroatoms. The Kier molecular flexibility index (Phi) is 3.62. The Morgan fingerprint density at radius 2 is 1.58 bits per heavy atom. The van der Waals surface area contributed by atoms with E-state index in [0.717, 1.165) is 0 Å². The van der Waals surface area contributed by atoms with Crippen LogP contribution in [0.5, 0.6) is 0 Å². The smallest absolute Gasteiger partial charge is 0.200 e. The molecule has 0 aromatic rings. The molecule has 70 valence electrons. The Bertz CT molecular complexity index is 185. The van der Waals surface area contributed by atoms with Crippen LogP contribution in [0.3, 0.4) is 0 Å². The van der Waals surface area contributed by atoms with E-state index in [1.54, 1.807) is 13.8 Å². The van der Waals surface area contributed by atoms with Crippen molar-refractivity contribution in [2.75, 3.05) is 0 Å². The molecule has 0 radical (unpaired) electrons. The van der Waals surface area contributed by atoms with Crippen LogP contribution in [-0.4, -0.2) is 11.6 Å². The van der Waals surface area contributed by atoms with Crippen LogP contribution in [0.4, 0.5) is 0 Å². The van der Waals surface area contributed by atoms with Crippen molar-refractivity contribution in [1.29, 1.82) is 0 Å². The van der Waals surface area contributed by atoms with E-state index in [4.69, 9.17) is 0 Å². The first-order valence-electron chi connectivity index (χ1n) is 4.31. The average Bonchev–Trinajstić information content (AvgIpc) is 1.82. The molecule has 2 nitrogen and oxygen atoms in total. The molecule has 0 aromatic carbocycles. The molecule has 0 aliphatic carbocycles. The van der Waals surface area contributed by atoms with Crippen LogP contribution in [0.1, 0.15) is 41.0 Å². The van der Waals surface area contributed by atoms with Crippen LogP contribution in [0.15, 0.2) is 0 Å². The van der Waals surface area contributed by atoms with Gasteiger partial charge in [-0.15, -0.1) is 0 Å². The molecule has 0 aliphatic heterocycles. The monoisotopic (exact) mass is 170 g/mol. The van der Waals surface area contributed by atoms with Crippen molar-refractivity contribution in [3.8, 4) is 0 Å². The standard InChI is InChI=1S/C10H18O2/c1-7(2)9(12)8(11)6-10(3,4)5/h7H,6H2,1-5H3. The second kappa shape index (κ2) is 3.83. The number of Topliss-reactive ketones (excluding diaryl/α,β-unsaturated/α-hetero) is 2. The lowest BCUT2D eigenvalue weighted by molar-refractivity contribution is -0.139. The third-order valence-corrected chi connectivity index (χ3v) is 1.49. The quantitative estimate of drug-likeness (QED) is 0.608. The zero-order valence-corrected chi connectivity index (χ0v) is 8.60. The minimum absolute atomic E-state index is 0.0817. The van der Waals surface area contributed by atoms with E-state index in [1.807, 2.05) is 20.8 Å². The highest BCUT2D eigenvalue weighted by Gasteiger charge is 2.23. The summed E-state index contributed by atoms with van der Waals surface area (Å²) in [6, 6.07) is 0. The van der Waals surface area contributed by atoms with Gasteiger partial charge in [0.2, 0.25) is 5.78 Å². The summed E-state index contributed by atoms with van der Waals surface area (Å²) in [6.07, 6.45) is 0.351. The van der Waals surface area contributed by atoms with Crippen molar-refractivity contribution >= 4 is 11.6 Å². The third-order valence-electron chi connectivity index (χ3n) is 1.49. The predicted molar refractivity (Wildman–Crippen MR) is 48.9 cm³/mol. The van der Waals surface area contributed by atoms with Crippen LogP contribution in [-0.2, 0) is 9.59 Å². The average molecular weight is 170 g/mol. The lowest BCUT2D eigenvalue weighted by Crippen LogP contribution is -2.24. The molecule has 12 heavy (non-hydrogen) atoms. The molecule has 0 aromatic heterocycles. The van der Waals surface area contributed by atoms with Crippen molar-refractivity contribution in [1.82, 2.24) is 0 Å². The number of hydrogen-bond acceptors (Lipinski definition) is 2. The van der Waals surface area contributed by atoms with Gasteiger partial charge in [0.15, 0.2) is 5.78 Å². The summed E-state index contributed by atoms with van der Waals surface area (Å²) >= 11 is 0. The second-order valence-electron chi connectivity index (χ2n) is 4.68. The van der Waals surface area contributed by atoms with E-state index in [9.17, 15) is 9.59 Å². The van der Waals surface area contributed by atoms with Gasteiger partial charge in [-0.3, -0.25) is 9.59 Å². The molecule has 0 saturated heterocycles. The van der Waals surface area contributed by atoms with Gasteiger partial charge in [0.1, 0.15) is 0 Å². The van der Waals surface area contributed by atoms with E-state index in [1.165, 1.54) is 0 Å². The minimum atomic E-state index is -0.245. The van der Waals surface area contributed by atoms with E-state index in [2.05, 4.69) is 0 Å². The Labute approximate surface area is 74.3 Å². The molecule has 0 atom stereocenters. The number of hydrogen-bond donors (Lipinski definition) is 0. The van der Waals surface area contributed by atoms with Gasteiger partial charge in [0, 0.05) is 12.3 Å². The normalized spacial score (nSPS) is 11.8. The Hall–Kier alpha value is -0.660. The molecular weight excluding hydrogens is 152 g/mol. The first-order chi connectivity index (χ1) is 5.24. The molecule has 0 amide bonds. The summed E-state index contributed by atoms with van der Waals surface area (Å²) in [5.74, 6) is -0.651. The Morgan fingerprint density at radius 3 is 1.83 bits per heavy atom. The predicted octanol–water partition coefficient (Wildman–Crippen LogP) is 2.22. The van der Waals surface area contributed by atoms with E-state index in [0.29, 0.717) is 6.42 Å². The topological polar surface area (TPSA) is 34.1 Å². The van der Waals surface area contributed by atoms with Gasteiger partial charge in [-0.1, -0.05) is 34.6 Å². The molecule has 0 aliphatic rings. The molecule has 0 unspecified atom stereocenters. The molecule has 0 N–H and O–H groups in total. The van der Waals surface area contributed by atoms with E-state index < -0.39 is 0 Å². The van der Waals surface area contributed by atoms with Crippen molar-refractivity contribution in [3.05, 3.63) is 0 Å². The summed E-state index contributed by atoms with van der Waals surface area (Å²) in [7, 11) is 0. The van der Waals surface area contributed by atoms with Crippen molar-refractivity contribution in [2.45, 2.75) is 41.0 Å². The molecule has 0 rings (SSSR count). The van der Waals surface area contributed by atoms with Gasteiger partial charge in [0.25, 0.3) is 0 Å². The number of carbonyl (C=O) groups excluding carboxylic acids is 2. The largest absolute Gasteiger partial charge is 0.291 e. The highest BCUT2D eigenvalue weighted by Crippen LogP contribution is 2.19. The molecule has 0 spiro atoms. The van der Waals surface area contributed by atoms with Crippen LogP contribution in [0.2, 0.25) is 0 Å². The van der Waals surface area contributed by atoms with Gasteiger partial charge in [-0.2, -0.15) is 0 Å². The maximum atomic E-state index is 11.3. The van der Waals surface area contributed by atoms with Gasteiger partial charge in [-0.05, 0) is 5.41 Å². The first kappa shape index (κ1) is 11.3. The summed E-state index contributed by atoms with van der Waals surface area (Å²) in [5, 5.41) is 0. The number of ketones is 2. The second-order valence-corrected chi connectivity index (χ2v) is 4.68. The van der Waals surface area contributed by atoms with Crippen molar-refractivity contribution in [3.63, 3.8) is 0 Å². The third kappa shape index (κ3) is 4.27. The zero-order valence-electron chi connectivity index (χ0n) is 8.60. The highest BCUT2D eigenvalue weighted by atomic mass is 16.2. The Balaban J connectivity index is 4.15. The maximum absolute atomic E-state index is 11.3. The summed E-state index contributed by atoms with van der Waals surface area (Å²) in [6.45, 7) is 9.38.